The molecule has 1 aliphatic rings. The molecule has 1 aromatic heterocycles. The van der Waals surface area contributed by atoms with Crippen molar-refractivity contribution in [2.45, 2.75) is 37.6 Å². The van der Waals surface area contributed by atoms with Crippen molar-refractivity contribution in [2.24, 2.45) is 5.92 Å². The van der Waals surface area contributed by atoms with Crippen LogP contribution in [-0.2, 0) is 9.59 Å². The van der Waals surface area contributed by atoms with Crippen molar-refractivity contribution in [1.29, 1.82) is 0 Å². The molecule has 2 rings (SSSR count). The van der Waals surface area contributed by atoms with Gasteiger partial charge < -0.3 is 10.4 Å². The van der Waals surface area contributed by atoms with Crippen LogP contribution in [0.2, 0.25) is 0 Å². The quantitative estimate of drug-likeness (QED) is 0.899. The van der Waals surface area contributed by atoms with Crippen LogP contribution in [0.25, 0.3) is 0 Å². The second-order valence-corrected chi connectivity index (χ2v) is 5.90. The molecule has 1 amide bonds. The van der Waals surface area contributed by atoms with Crippen molar-refractivity contribution in [3.05, 3.63) is 22.4 Å². The van der Waals surface area contributed by atoms with Gasteiger partial charge in [-0.25, -0.2) is 13.6 Å². The zero-order valence-corrected chi connectivity index (χ0v) is 11.5. The van der Waals surface area contributed by atoms with E-state index in [1.807, 2.05) is 0 Å². The first-order chi connectivity index (χ1) is 9.39. The smallest absolute Gasteiger partial charge is 0.331 e. The zero-order chi connectivity index (χ0) is 14.8. The molecular formula is C13H15F2NO3S. The highest BCUT2D eigenvalue weighted by Gasteiger charge is 2.38. The number of hydrogen-bond acceptors (Lipinski definition) is 3. The van der Waals surface area contributed by atoms with E-state index in [2.05, 4.69) is 5.32 Å². The molecule has 1 heterocycles. The Bertz CT molecular complexity index is 480. The first-order valence-corrected chi connectivity index (χ1v) is 7.21. The van der Waals surface area contributed by atoms with Crippen molar-refractivity contribution in [3.63, 3.8) is 0 Å². The predicted octanol–water partition coefficient (Wildman–Crippen LogP) is 2.82. The number of rotatable bonds is 4. The van der Waals surface area contributed by atoms with Gasteiger partial charge >= 0.3 is 5.97 Å². The van der Waals surface area contributed by atoms with E-state index in [9.17, 15) is 18.4 Å². The second kappa shape index (κ2) is 5.87. The molecule has 1 aliphatic carbocycles. The summed E-state index contributed by atoms with van der Waals surface area (Å²) in [5.74, 6) is -4.84. The molecule has 1 saturated carbocycles. The number of amides is 1. The van der Waals surface area contributed by atoms with Crippen LogP contribution < -0.4 is 5.32 Å². The largest absolute Gasteiger partial charge is 0.479 e. The summed E-state index contributed by atoms with van der Waals surface area (Å²) in [6.07, 6.45) is -0.450. The number of halogens is 2. The van der Waals surface area contributed by atoms with Gasteiger partial charge in [-0.15, -0.1) is 11.3 Å². The molecule has 0 radical (unpaired) electrons. The molecule has 0 aliphatic heterocycles. The Morgan fingerprint density at radius 1 is 1.40 bits per heavy atom. The zero-order valence-electron chi connectivity index (χ0n) is 10.6. The number of carbonyl (C=O) groups excluding carboxylic acids is 1. The molecule has 1 atom stereocenters. The van der Waals surface area contributed by atoms with Crippen molar-refractivity contribution < 1.29 is 23.5 Å². The van der Waals surface area contributed by atoms with Gasteiger partial charge in [0.1, 0.15) is 0 Å². The number of hydrogen-bond donors (Lipinski definition) is 2. The summed E-state index contributed by atoms with van der Waals surface area (Å²) < 4.78 is 26.1. The summed E-state index contributed by atoms with van der Waals surface area (Å²) in [7, 11) is 0. The number of carboxylic acids is 1. The molecule has 0 spiro atoms. The maximum Gasteiger partial charge on any atom is 0.331 e. The number of carbonyl (C=O) groups is 2. The van der Waals surface area contributed by atoms with Crippen molar-refractivity contribution in [2.75, 3.05) is 0 Å². The highest BCUT2D eigenvalue weighted by Crippen LogP contribution is 2.36. The summed E-state index contributed by atoms with van der Waals surface area (Å²) in [5, 5.41) is 13.3. The third-order valence-corrected chi connectivity index (χ3v) is 4.39. The van der Waals surface area contributed by atoms with Crippen LogP contribution in [0.15, 0.2) is 17.5 Å². The third kappa shape index (κ3) is 3.53. The van der Waals surface area contributed by atoms with E-state index < -0.39 is 29.8 Å². The van der Waals surface area contributed by atoms with Gasteiger partial charge in [0.15, 0.2) is 6.04 Å². The summed E-state index contributed by atoms with van der Waals surface area (Å²) in [6.45, 7) is 0. The molecule has 4 nitrogen and oxygen atoms in total. The van der Waals surface area contributed by atoms with Gasteiger partial charge in [-0.1, -0.05) is 6.07 Å². The van der Waals surface area contributed by atoms with E-state index in [0.29, 0.717) is 4.88 Å². The van der Waals surface area contributed by atoms with Gasteiger partial charge in [0.05, 0.1) is 0 Å². The van der Waals surface area contributed by atoms with Crippen molar-refractivity contribution in [1.82, 2.24) is 5.32 Å². The fourth-order valence-electron chi connectivity index (χ4n) is 2.27. The van der Waals surface area contributed by atoms with Crippen molar-refractivity contribution in [3.8, 4) is 0 Å². The molecule has 0 bridgehead atoms. The van der Waals surface area contributed by atoms with Crippen LogP contribution in [0, 0.1) is 5.92 Å². The molecule has 1 fully saturated rings. The van der Waals surface area contributed by atoms with Crippen LogP contribution >= 0.6 is 11.3 Å². The summed E-state index contributed by atoms with van der Waals surface area (Å²) >= 11 is 1.23. The highest BCUT2D eigenvalue weighted by molar-refractivity contribution is 7.10. The van der Waals surface area contributed by atoms with E-state index in [1.165, 1.54) is 11.3 Å². The van der Waals surface area contributed by atoms with E-state index in [-0.39, 0.29) is 25.7 Å². The van der Waals surface area contributed by atoms with Crippen molar-refractivity contribution >= 4 is 23.2 Å². The van der Waals surface area contributed by atoms with E-state index in [0.717, 1.165) is 0 Å². The maximum absolute atomic E-state index is 13.0. The Morgan fingerprint density at radius 2 is 2.05 bits per heavy atom. The standard InChI is InChI=1S/C13H15F2NO3S/c14-13(15)5-3-8(4-6-13)11(17)16-10(12(18)19)9-2-1-7-20-9/h1-2,7-8,10H,3-6H2,(H,16,17)(H,18,19). The summed E-state index contributed by atoms with van der Waals surface area (Å²) in [6, 6.07) is 2.21. The molecule has 20 heavy (non-hydrogen) atoms. The maximum atomic E-state index is 13.0. The number of aliphatic carboxylic acids is 1. The lowest BCUT2D eigenvalue weighted by Gasteiger charge is -2.28. The third-order valence-electron chi connectivity index (χ3n) is 3.45. The van der Waals surface area contributed by atoms with Gasteiger partial charge in [0, 0.05) is 23.6 Å². The van der Waals surface area contributed by atoms with Gasteiger partial charge in [0.25, 0.3) is 0 Å². The Kier molecular flexibility index (Phi) is 4.37. The van der Waals surface area contributed by atoms with Gasteiger partial charge in [-0.3, -0.25) is 4.79 Å². The fraction of sp³-hybridized carbons (Fsp3) is 0.538. The van der Waals surface area contributed by atoms with E-state index in [4.69, 9.17) is 5.11 Å². The van der Waals surface area contributed by atoms with E-state index >= 15 is 0 Å². The molecule has 7 heteroatoms. The Balaban J connectivity index is 1.98. The minimum Gasteiger partial charge on any atom is -0.479 e. The molecular weight excluding hydrogens is 288 g/mol. The Labute approximate surface area is 118 Å². The van der Waals surface area contributed by atoms with Gasteiger partial charge in [-0.2, -0.15) is 0 Å². The van der Waals surface area contributed by atoms with Gasteiger partial charge in [-0.05, 0) is 24.3 Å². The predicted molar refractivity (Wildman–Crippen MR) is 69.7 cm³/mol. The minimum absolute atomic E-state index is 0.0929. The molecule has 2 N–H and O–H groups in total. The van der Waals surface area contributed by atoms with Crippen LogP contribution in [0.3, 0.4) is 0 Å². The first kappa shape index (κ1) is 14.9. The molecule has 1 unspecified atom stereocenters. The number of carboxylic acid groups (broad SMARTS) is 1. The fourth-order valence-corrected chi connectivity index (χ4v) is 3.04. The Hall–Kier alpha value is -1.50. The lowest BCUT2D eigenvalue weighted by Crippen LogP contribution is -2.40. The first-order valence-electron chi connectivity index (χ1n) is 6.33. The normalized spacial score (nSPS) is 20.3. The van der Waals surface area contributed by atoms with Crippen LogP contribution in [0.5, 0.6) is 0 Å². The van der Waals surface area contributed by atoms with Gasteiger partial charge in [0.2, 0.25) is 11.8 Å². The van der Waals surface area contributed by atoms with Crippen LogP contribution in [0.1, 0.15) is 36.6 Å². The SMILES string of the molecule is O=C(NC(C(=O)O)c1cccs1)C1CCC(F)(F)CC1. The number of alkyl halides is 2. The number of nitrogens with one attached hydrogen (secondary N) is 1. The average Bonchev–Trinajstić information content (AvgIpc) is 2.88. The minimum atomic E-state index is -2.70. The second-order valence-electron chi connectivity index (χ2n) is 4.93. The molecule has 110 valence electrons. The molecule has 1 aromatic rings. The molecule has 0 aromatic carbocycles. The van der Waals surface area contributed by atoms with E-state index in [1.54, 1.807) is 17.5 Å². The number of thiophene rings is 1. The topological polar surface area (TPSA) is 66.4 Å². The van der Waals surface area contributed by atoms with Crippen LogP contribution in [-0.4, -0.2) is 22.9 Å². The average molecular weight is 303 g/mol. The monoisotopic (exact) mass is 303 g/mol. The van der Waals surface area contributed by atoms with Crippen LogP contribution in [0.4, 0.5) is 8.78 Å². The summed E-state index contributed by atoms with van der Waals surface area (Å²) in [4.78, 5) is 23.7. The molecule has 0 saturated heterocycles. The Morgan fingerprint density at radius 3 is 2.55 bits per heavy atom. The highest BCUT2D eigenvalue weighted by atomic mass is 32.1. The lowest BCUT2D eigenvalue weighted by molar-refractivity contribution is -0.143. The summed E-state index contributed by atoms with van der Waals surface area (Å²) in [5.41, 5.74) is 0. The lowest BCUT2D eigenvalue weighted by atomic mass is 9.86.